The van der Waals surface area contributed by atoms with Crippen molar-refractivity contribution in [2.24, 2.45) is 7.05 Å². The number of carbonyl (C=O) groups excluding carboxylic acids is 2. The fourth-order valence-electron chi connectivity index (χ4n) is 3.60. The van der Waals surface area contributed by atoms with Gasteiger partial charge in [0.05, 0.1) is 17.9 Å². The van der Waals surface area contributed by atoms with Gasteiger partial charge in [-0.1, -0.05) is 42.1 Å². The molecule has 2 heterocycles. The largest absolute Gasteiger partial charge is 0.368 e. The minimum Gasteiger partial charge on any atom is -0.368 e. The maximum atomic E-state index is 13.7. The maximum Gasteiger partial charge on any atom is 0.233 e. The number of hydrogen-bond donors (Lipinski definition) is 1. The van der Waals surface area contributed by atoms with Crippen LogP contribution in [0.4, 0.5) is 15.8 Å². The number of thioether (sulfide) groups is 1. The van der Waals surface area contributed by atoms with Gasteiger partial charge in [-0.15, -0.1) is 10.2 Å². The van der Waals surface area contributed by atoms with E-state index in [2.05, 4.69) is 32.5 Å². The second-order valence-corrected chi connectivity index (χ2v) is 8.60. The van der Waals surface area contributed by atoms with Crippen LogP contribution >= 0.6 is 11.8 Å². The third kappa shape index (κ3) is 5.70. The molecular formula is C23H25FN6O2S. The number of piperazine rings is 1. The van der Waals surface area contributed by atoms with Crippen molar-refractivity contribution in [3.05, 3.63) is 66.2 Å². The topological polar surface area (TPSA) is 83.4 Å². The molecule has 10 heteroatoms. The molecule has 0 bridgehead atoms. The van der Waals surface area contributed by atoms with E-state index in [0.29, 0.717) is 24.1 Å². The Morgan fingerprint density at radius 2 is 1.70 bits per heavy atom. The number of para-hydroxylation sites is 2. The van der Waals surface area contributed by atoms with E-state index in [4.69, 9.17) is 0 Å². The lowest BCUT2D eigenvalue weighted by Gasteiger charge is -2.36. The lowest BCUT2D eigenvalue weighted by molar-refractivity contribution is -0.128. The Kier molecular flexibility index (Phi) is 7.23. The zero-order valence-corrected chi connectivity index (χ0v) is 19.1. The SMILES string of the molecule is Cn1c(CC(=O)Nc2ccccc2F)nnc1SCC(=O)N1CCN(c2ccccc2)CC1. The highest BCUT2D eigenvalue weighted by atomic mass is 32.2. The zero-order valence-electron chi connectivity index (χ0n) is 18.3. The van der Waals surface area contributed by atoms with Crippen molar-refractivity contribution in [1.29, 1.82) is 0 Å². The summed E-state index contributed by atoms with van der Waals surface area (Å²) in [5.41, 5.74) is 1.29. The highest BCUT2D eigenvalue weighted by Crippen LogP contribution is 2.19. The Balaban J connectivity index is 1.26. The van der Waals surface area contributed by atoms with Crippen LogP contribution in [0.1, 0.15) is 5.82 Å². The van der Waals surface area contributed by atoms with E-state index in [1.165, 1.54) is 29.6 Å². The Morgan fingerprint density at radius 1 is 1.00 bits per heavy atom. The zero-order chi connectivity index (χ0) is 23.2. The number of halogens is 1. The highest BCUT2D eigenvalue weighted by molar-refractivity contribution is 7.99. The van der Waals surface area contributed by atoms with Crippen LogP contribution in [0.5, 0.6) is 0 Å². The average molecular weight is 469 g/mol. The summed E-state index contributed by atoms with van der Waals surface area (Å²) < 4.78 is 15.4. The third-order valence-corrected chi connectivity index (χ3v) is 6.48. The molecule has 8 nitrogen and oxygen atoms in total. The van der Waals surface area contributed by atoms with E-state index in [1.807, 2.05) is 23.1 Å². The molecule has 172 valence electrons. The number of carbonyl (C=O) groups is 2. The molecule has 2 amide bonds. The molecule has 2 aromatic carbocycles. The number of nitrogens with zero attached hydrogens (tertiary/aromatic N) is 5. The maximum absolute atomic E-state index is 13.7. The minimum absolute atomic E-state index is 0.0478. The number of aromatic nitrogens is 3. The van der Waals surface area contributed by atoms with Crippen molar-refractivity contribution < 1.29 is 14.0 Å². The summed E-state index contributed by atoms with van der Waals surface area (Å²) in [6, 6.07) is 16.2. The molecule has 1 N–H and O–H groups in total. The first-order chi connectivity index (χ1) is 16.0. The first-order valence-electron chi connectivity index (χ1n) is 10.6. The summed E-state index contributed by atoms with van der Waals surface area (Å²) in [6.07, 6.45) is -0.0478. The normalized spacial score (nSPS) is 13.8. The Labute approximate surface area is 195 Å². The van der Waals surface area contributed by atoms with E-state index in [0.717, 1.165) is 13.1 Å². The van der Waals surface area contributed by atoms with E-state index < -0.39 is 5.82 Å². The second-order valence-electron chi connectivity index (χ2n) is 7.65. The van der Waals surface area contributed by atoms with Gasteiger partial charge in [-0.3, -0.25) is 9.59 Å². The van der Waals surface area contributed by atoms with Gasteiger partial charge in [-0.2, -0.15) is 0 Å². The average Bonchev–Trinajstić information content (AvgIpc) is 3.18. The van der Waals surface area contributed by atoms with Gasteiger partial charge in [0.2, 0.25) is 11.8 Å². The van der Waals surface area contributed by atoms with Gasteiger partial charge in [0.15, 0.2) is 5.16 Å². The standard InChI is InChI=1S/C23H25FN6O2S/c1-28-20(15-21(31)25-19-10-6-5-9-18(19)24)26-27-23(28)33-16-22(32)30-13-11-29(12-14-30)17-7-3-2-4-8-17/h2-10H,11-16H2,1H3,(H,25,31). The number of benzene rings is 2. The van der Waals surface area contributed by atoms with Gasteiger partial charge in [0, 0.05) is 38.9 Å². The van der Waals surface area contributed by atoms with Gasteiger partial charge < -0.3 is 19.7 Å². The summed E-state index contributed by atoms with van der Waals surface area (Å²) in [7, 11) is 1.75. The minimum atomic E-state index is -0.497. The van der Waals surface area contributed by atoms with Crippen LogP contribution in [-0.2, 0) is 23.1 Å². The van der Waals surface area contributed by atoms with Gasteiger partial charge in [-0.05, 0) is 24.3 Å². The summed E-state index contributed by atoms with van der Waals surface area (Å²) >= 11 is 1.29. The number of amides is 2. The predicted molar refractivity (Wildman–Crippen MR) is 126 cm³/mol. The van der Waals surface area contributed by atoms with Crippen LogP contribution in [0.25, 0.3) is 0 Å². The lowest BCUT2D eigenvalue weighted by Crippen LogP contribution is -2.49. The molecule has 1 fully saturated rings. The van der Waals surface area contributed by atoms with Crippen LogP contribution in [0.15, 0.2) is 59.8 Å². The van der Waals surface area contributed by atoms with E-state index in [9.17, 15) is 14.0 Å². The molecule has 4 rings (SSSR count). The molecule has 0 saturated carbocycles. The Hall–Kier alpha value is -3.40. The van der Waals surface area contributed by atoms with Gasteiger partial charge in [0.1, 0.15) is 11.6 Å². The van der Waals surface area contributed by atoms with Crippen LogP contribution in [0.3, 0.4) is 0 Å². The molecule has 1 saturated heterocycles. The molecule has 0 unspecified atom stereocenters. The lowest BCUT2D eigenvalue weighted by atomic mass is 10.2. The smallest absolute Gasteiger partial charge is 0.233 e. The van der Waals surface area contributed by atoms with E-state index >= 15 is 0 Å². The van der Waals surface area contributed by atoms with E-state index in [-0.39, 0.29) is 29.7 Å². The van der Waals surface area contributed by atoms with Crippen molar-refractivity contribution in [2.45, 2.75) is 11.6 Å². The molecule has 1 aliphatic heterocycles. The first kappa shape index (κ1) is 22.8. The Morgan fingerprint density at radius 3 is 2.42 bits per heavy atom. The summed E-state index contributed by atoms with van der Waals surface area (Å²) in [5, 5.41) is 11.3. The van der Waals surface area contributed by atoms with Crippen molar-refractivity contribution in [3.8, 4) is 0 Å². The number of nitrogens with one attached hydrogen (secondary N) is 1. The quantitative estimate of drug-likeness (QED) is 0.537. The molecule has 1 aromatic heterocycles. The summed E-state index contributed by atoms with van der Waals surface area (Å²) in [6.45, 7) is 2.94. The van der Waals surface area contributed by atoms with Crippen LogP contribution in [0.2, 0.25) is 0 Å². The van der Waals surface area contributed by atoms with Crippen LogP contribution < -0.4 is 10.2 Å². The number of hydrogen-bond acceptors (Lipinski definition) is 6. The fourth-order valence-corrected chi connectivity index (χ4v) is 4.43. The fraction of sp³-hybridized carbons (Fsp3) is 0.304. The van der Waals surface area contributed by atoms with Crippen molar-refractivity contribution in [2.75, 3.05) is 42.1 Å². The van der Waals surface area contributed by atoms with Crippen molar-refractivity contribution >= 4 is 35.0 Å². The van der Waals surface area contributed by atoms with Crippen LogP contribution in [0, 0.1) is 5.82 Å². The molecule has 0 spiro atoms. The molecular weight excluding hydrogens is 443 g/mol. The molecule has 1 aliphatic rings. The monoisotopic (exact) mass is 468 g/mol. The summed E-state index contributed by atoms with van der Waals surface area (Å²) in [4.78, 5) is 29.1. The molecule has 3 aromatic rings. The van der Waals surface area contributed by atoms with Crippen molar-refractivity contribution in [1.82, 2.24) is 19.7 Å². The Bertz CT molecular complexity index is 1120. The summed E-state index contributed by atoms with van der Waals surface area (Å²) in [5.74, 6) is -0.147. The van der Waals surface area contributed by atoms with Crippen molar-refractivity contribution in [3.63, 3.8) is 0 Å². The van der Waals surface area contributed by atoms with Gasteiger partial charge in [-0.25, -0.2) is 4.39 Å². The highest BCUT2D eigenvalue weighted by Gasteiger charge is 2.22. The van der Waals surface area contributed by atoms with Crippen LogP contribution in [-0.4, -0.2) is 63.4 Å². The molecule has 0 atom stereocenters. The predicted octanol–water partition coefficient (Wildman–Crippen LogP) is 2.58. The van der Waals surface area contributed by atoms with E-state index in [1.54, 1.807) is 23.7 Å². The molecule has 33 heavy (non-hydrogen) atoms. The van der Waals surface area contributed by atoms with Gasteiger partial charge >= 0.3 is 0 Å². The van der Waals surface area contributed by atoms with Gasteiger partial charge in [0.25, 0.3) is 0 Å². The third-order valence-electron chi connectivity index (χ3n) is 5.47. The first-order valence-corrected chi connectivity index (χ1v) is 11.6. The number of rotatable bonds is 7. The second kappa shape index (κ2) is 10.5. The molecule has 0 radical (unpaired) electrons. The molecule has 0 aliphatic carbocycles. The number of anilines is 2.